The predicted octanol–water partition coefficient (Wildman–Crippen LogP) is 5.75. The fourth-order valence-electron chi connectivity index (χ4n) is 2.38. The van der Waals surface area contributed by atoms with Crippen LogP contribution >= 0.6 is 11.6 Å². The Morgan fingerprint density at radius 1 is 1.11 bits per heavy atom. The van der Waals surface area contributed by atoms with E-state index in [0.29, 0.717) is 12.3 Å². The number of carbonyl (C=O) groups is 1. The fourth-order valence-corrected chi connectivity index (χ4v) is 4.12. The Kier molecular flexibility index (Phi) is 8.39. The Morgan fingerprint density at radius 2 is 1.67 bits per heavy atom. The molecule has 0 heterocycles. The minimum absolute atomic E-state index is 0.0561. The van der Waals surface area contributed by atoms with Gasteiger partial charge in [-0.3, -0.25) is 0 Å². The summed E-state index contributed by atoms with van der Waals surface area (Å²) in [5, 5.41) is 3.05. The van der Waals surface area contributed by atoms with E-state index in [4.69, 9.17) is 20.8 Å². The lowest BCUT2D eigenvalue weighted by Crippen LogP contribution is -2.54. The van der Waals surface area contributed by atoms with Gasteiger partial charge < -0.3 is 14.5 Å². The first kappa shape index (κ1) is 24.0. The van der Waals surface area contributed by atoms with Crippen LogP contribution in [0.15, 0.2) is 30.3 Å². The van der Waals surface area contributed by atoms with Crippen LogP contribution in [0.4, 0.5) is 4.79 Å². The third kappa shape index (κ3) is 8.24. The fraction of sp³-hybridized carbons (Fsp3) is 0.667. The zero-order valence-electron chi connectivity index (χ0n) is 18.1. The molecule has 0 bridgehead atoms. The first-order valence-corrected chi connectivity index (χ1v) is 13.0. The highest BCUT2D eigenvalue weighted by Crippen LogP contribution is 2.38. The zero-order chi connectivity index (χ0) is 20.9. The molecular weight excluding hydrogens is 378 g/mol. The van der Waals surface area contributed by atoms with Gasteiger partial charge in [0.2, 0.25) is 0 Å². The van der Waals surface area contributed by atoms with Gasteiger partial charge in [-0.15, -0.1) is 11.6 Å². The number of carbonyl (C=O) groups excluding carboxylic acids is 1. The van der Waals surface area contributed by atoms with E-state index in [0.717, 1.165) is 5.56 Å². The summed E-state index contributed by atoms with van der Waals surface area (Å²) in [6, 6.07) is 9.77. The molecule has 0 aliphatic heterocycles. The van der Waals surface area contributed by atoms with Gasteiger partial charge in [-0.05, 0) is 50.9 Å². The van der Waals surface area contributed by atoms with E-state index >= 15 is 0 Å². The molecule has 0 saturated carbocycles. The molecule has 1 rings (SSSR count). The van der Waals surface area contributed by atoms with Crippen LogP contribution in [0.1, 0.15) is 47.1 Å². The number of benzene rings is 1. The number of amides is 1. The van der Waals surface area contributed by atoms with Crippen LogP contribution in [-0.4, -0.2) is 38.0 Å². The van der Waals surface area contributed by atoms with Crippen molar-refractivity contribution in [2.75, 3.05) is 5.88 Å². The van der Waals surface area contributed by atoms with Crippen molar-refractivity contribution >= 4 is 26.0 Å². The number of halogens is 1. The monoisotopic (exact) mass is 413 g/mol. The topological polar surface area (TPSA) is 47.6 Å². The van der Waals surface area contributed by atoms with Gasteiger partial charge in [-0.2, -0.15) is 0 Å². The molecule has 27 heavy (non-hydrogen) atoms. The predicted molar refractivity (Wildman–Crippen MR) is 116 cm³/mol. The van der Waals surface area contributed by atoms with E-state index in [9.17, 15) is 4.79 Å². The zero-order valence-corrected chi connectivity index (χ0v) is 19.8. The van der Waals surface area contributed by atoms with Crippen LogP contribution in [0, 0.1) is 0 Å². The van der Waals surface area contributed by atoms with Gasteiger partial charge in [0.05, 0.1) is 12.1 Å². The van der Waals surface area contributed by atoms with Crippen molar-refractivity contribution in [1.29, 1.82) is 0 Å². The number of nitrogens with one attached hydrogen (secondary N) is 1. The molecule has 2 atom stereocenters. The Labute approximate surface area is 171 Å². The van der Waals surface area contributed by atoms with E-state index in [2.05, 4.69) is 39.2 Å². The van der Waals surface area contributed by atoms with Crippen LogP contribution in [0.5, 0.6) is 0 Å². The molecule has 0 aliphatic rings. The summed E-state index contributed by atoms with van der Waals surface area (Å²) >= 11 is 6.31. The molecule has 1 amide bonds. The van der Waals surface area contributed by atoms with Crippen molar-refractivity contribution in [3.05, 3.63) is 35.9 Å². The van der Waals surface area contributed by atoms with E-state index < -0.39 is 20.0 Å². The second kappa shape index (κ2) is 9.44. The molecule has 0 unspecified atom stereocenters. The molecule has 6 heteroatoms. The highest BCUT2D eigenvalue weighted by atomic mass is 35.5. The van der Waals surface area contributed by atoms with Crippen LogP contribution in [-0.2, 0) is 15.6 Å². The van der Waals surface area contributed by atoms with E-state index in [1.807, 2.05) is 51.1 Å². The van der Waals surface area contributed by atoms with Crippen molar-refractivity contribution in [1.82, 2.24) is 5.32 Å². The van der Waals surface area contributed by atoms with Crippen molar-refractivity contribution in [3.63, 3.8) is 0 Å². The van der Waals surface area contributed by atoms with Crippen molar-refractivity contribution in [2.24, 2.45) is 0 Å². The Balaban J connectivity index is 3.04. The quantitative estimate of drug-likeness (QED) is 0.457. The first-order valence-electron chi connectivity index (χ1n) is 9.52. The molecule has 1 aromatic carbocycles. The summed E-state index contributed by atoms with van der Waals surface area (Å²) in [7, 11) is -2.04. The van der Waals surface area contributed by atoms with E-state index in [-0.39, 0.29) is 17.2 Å². The maximum absolute atomic E-state index is 12.4. The summed E-state index contributed by atoms with van der Waals surface area (Å²) in [6.45, 7) is 16.5. The maximum atomic E-state index is 12.4. The number of alkyl halides is 1. The lowest BCUT2D eigenvalue weighted by molar-refractivity contribution is 0.0448. The highest BCUT2D eigenvalue weighted by molar-refractivity contribution is 6.74. The number of rotatable bonds is 7. The van der Waals surface area contributed by atoms with Gasteiger partial charge in [-0.25, -0.2) is 4.79 Å². The SMILES string of the molecule is CC(C)(C)OC(=O)N[C@@H](Cc1ccccc1)[C@@H](CCl)O[Si](C)(C)C(C)(C)C. The van der Waals surface area contributed by atoms with Gasteiger partial charge >= 0.3 is 6.09 Å². The molecule has 0 spiro atoms. The van der Waals surface area contributed by atoms with Gasteiger partial charge in [0.15, 0.2) is 8.32 Å². The third-order valence-electron chi connectivity index (χ3n) is 4.85. The molecule has 4 nitrogen and oxygen atoms in total. The third-order valence-corrected chi connectivity index (χ3v) is 9.66. The van der Waals surface area contributed by atoms with Crippen molar-refractivity contribution in [3.8, 4) is 0 Å². The second-order valence-corrected chi connectivity index (χ2v) is 14.6. The lowest BCUT2D eigenvalue weighted by atomic mass is 10.0. The molecule has 1 aromatic rings. The van der Waals surface area contributed by atoms with E-state index in [1.54, 1.807) is 0 Å². The Bertz CT molecular complexity index is 594. The van der Waals surface area contributed by atoms with Gasteiger partial charge in [0, 0.05) is 5.88 Å². The number of ether oxygens (including phenoxy) is 1. The molecule has 0 aromatic heterocycles. The Hall–Kier alpha value is -1.04. The van der Waals surface area contributed by atoms with Gasteiger partial charge in [-0.1, -0.05) is 51.1 Å². The maximum Gasteiger partial charge on any atom is 0.407 e. The molecule has 0 fully saturated rings. The standard InChI is InChI=1S/C21H36ClNO3Si/c1-20(2,3)25-19(24)23-17(14-16-12-10-9-11-13-16)18(15-22)26-27(7,8)21(4,5)6/h9-13,17-18H,14-15H2,1-8H3,(H,23,24)/t17-,18+/m0/s1. The second-order valence-electron chi connectivity index (χ2n) is 9.51. The molecule has 154 valence electrons. The summed E-state index contributed by atoms with van der Waals surface area (Å²) in [6.07, 6.45) is -0.107. The summed E-state index contributed by atoms with van der Waals surface area (Å²) in [5.74, 6) is 0.305. The largest absolute Gasteiger partial charge is 0.444 e. The molecule has 0 saturated heterocycles. The van der Waals surface area contributed by atoms with Crippen LogP contribution in [0.25, 0.3) is 0 Å². The number of hydrogen-bond acceptors (Lipinski definition) is 3. The van der Waals surface area contributed by atoms with Crippen LogP contribution in [0.3, 0.4) is 0 Å². The lowest BCUT2D eigenvalue weighted by Gasteiger charge is -2.41. The smallest absolute Gasteiger partial charge is 0.407 e. The average molecular weight is 414 g/mol. The minimum atomic E-state index is -2.04. The van der Waals surface area contributed by atoms with Gasteiger partial charge in [0.1, 0.15) is 5.60 Å². The summed E-state index contributed by atoms with van der Waals surface area (Å²) in [5.41, 5.74) is 0.561. The average Bonchev–Trinajstić information content (AvgIpc) is 2.50. The Morgan fingerprint density at radius 3 is 2.11 bits per heavy atom. The summed E-state index contributed by atoms with van der Waals surface area (Å²) in [4.78, 5) is 12.4. The first-order chi connectivity index (χ1) is 12.2. The van der Waals surface area contributed by atoms with Crippen LogP contribution < -0.4 is 5.32 Å². The minimum Gasteiger partial charge on any atom is -0.444 e. The highest BCUT2D eigenvalue weighted by Gasteiger charge is 2.41. The molecule has 1 N–H and O–H groups in total. The van der Waals surface area contributed by atoms with Gasteiger partial charge in [0.25, 0.3) is 0 Å². The normalized spacial score (nSPS) is 15.1. The molecule has 0 aliphatic carbocycles. The van der Waals surface area contributed by atoms with E-state index in [1.165, 1.54) is 0 Å². The summed E-state index contributed by atoms with van der Waals surface area (Å²) < 4.78 is 12.0. The molecule has 0 radical (unpaired) electrons. The molecular formula is C21H36ClNO3Si. The van der Waals surface area contributed by atoms with Crippen LogP contribution in [0.2, 0.25) is 18.1 Å². The van der Waals surface area contributed by atoms with Crippen molar-refractivity contribution < 1.29 is 14.0 Å². The van der Waals surface area contributed by atoms with Crippen molar-refractivity contribution in [2.45, 2.75) is 83.8 Å². The number of hydrogen-bond donors (Lipinski definition) is 1. The number of alkyl carbamates (subject to hydrolysis) is 1.